The van der Waals surface area contributed by atoms with Gasteiger partial charge in [0.05, 0.1) is 28.4 Å². The second-order valence-corrected chi connectivity index (χ2v) is 12.6. The number of hydrogen-bond donors (Lipinski definition) is 0. The largest absolute Gasteiger partial charge is 0.493 e. The molecule has 1 heterocycles. The van der Waals surface area contributed by atoms with Gasteiger partial charge in [0, 0.05) is 25.7 Å². The van der Waals surface area contributed by atoms with Gasteiger partial charge in [-0.25, -0.2) is 4.99 Å². The van der Waals surface area contributed by atoms with Crippen molar-refractivity contribution in [1.82, 2.24) is 0 Å². The average molecular weight is 693 g/mol. The highest BCUT2D eigenvalue weighted by molar-refractivity contribution is 8.19. The van der Waals surface area contributed by atoms with E-state index < -0.39 is 0 Å². The fourth-order valence-electron chi connectivity index (χ4n) is 4.16. The van der Waals surface area contributed by atoms with Crippen LogP contribution < -0.4 is 14.4 Å². The highest BCUT2D eigenvalue weighted by Crippen LogP contribution is 2.42. The maximum absolute atomic E-state index is 13.8. The molecule has 0 spiro atoms. The van der Waals surface area contributed by atoms with E-state index in [1.54, 1.807) is 48.5 Å². The maximum Gasteiger partial charge on any atom is 0.271 e. The summed E-state index contributed by atoms with van der Waals surface area (Å²) in [5.74, 6) is 0.470. The third-order valence-corrected chi connectivity index (χ3v) is 9.19. The number of amidine groups is 1. The summed E-state index contributed by atoms with van der Waals surface area (Å²) in [6.07, 6.45) is 1.73. The number of anilines is 1. The van der Waals surface area contributed by atoms with Crippen LogP contribution in [0.3, 0.4) is 0 Å². The Morgan fingerprint density at radius 3 is 2.23 bits per heavy atom. The Labute approximate surface area is 279 Å². The van der Waals surface area contributed by atoms with E-state index in [0.29, 0.717) is 63.6 Å². The Kier molecular flexibility index (Phi) is 9.86. The summed E-state index contributed by atoms with van der Waals surface area (Å²) in [5.41, 5.74) is 4.40. The van der Waals surface area contributed by atoms with Gasteiger partial charge in [-0.05, 0) is 96.9 Å². The van der Waals surface area contributed by atoms with E-state index in [1.807, 2.05) is 38.1 Å². The first-order valence-corrected chi connectivity index (χ1v) is 15.5. The van der Waals surface area contributed by atoms with E-state index in [0.717, 1.165) is 16.7 Å². The molecular formula is C32H23Cl5N2O3S. The number of nitrogens with zero attached hydrogens (tertiary/aromatic N) is 2. The van der Waals surface area contributed by atoms with Crippen LogP contribution in [0.5, 0.6) is 11.5 Å². The lowest BCUT2D eigenvalue weighted by atomic mass is 10.1. The standard InChI is InChI=1S/C32H23Cl5N2O3S/c1-17-4-8-22(14-24(17)34)38-32-39(23-9-5-18(2)25(35)15-23)31(40)29(43-32)12-19-10-27(37)30(28(11-19)41-3)42-16-20-6-7-21(33)13-26(20)36/h4-15H,16H2,1-3H3/b29-12+,38-32?. The average Bonchev–Trinajstić information content (AvgIpc) is 3.26. The van der Waals surface area contributed by atoms with E-state index in [4.69, 9.17) is 72.5 Å². The predicted molar refractivity (Wildman–Crippen MR) is 181 cm³/mol. The molecule has 0 bridgehead atoms. The van der Waals surface area contributed by atoms with Crippen molar-refractivity contribution in [3.05, 3.63) is 119 Å². The number of aryl methyl sites for hydroxylation is 2. The van der Waals surface area contributed by atoms with Crippen molar-refractivity contribution in [1.29, 1.82) is 0 Å². The summed E-state index contributed by atoms with van der Waals surface area (Å²) in [6, 6.07) is 19.5. The first kappa shape index (κ1) is 31.6. The fourth-order valence-corrected chi connectivity index (χ4v) is 6.25. The van der Waals surface area contributed by atoms with Crippen molar-refractivity contribution < 1.29 is 14.3 Å². The molecule has 0 radical (unpaired) electrons. The molecular weight excluding hydrogens is 670 g/mol. The summed E-state index contributed by atoms with van der Waals surface area (Å²) in [4.78, 5) is 20.5. The fraction of sp³-hybridized carbons (Fsp3) is 0.125. The molecule has 0 unspecified atom stereocenters. The molecule has 43 heavy (non-hydrogen) atoms. The van der Waals surface area contributed by atoms with Crippen molar-refractivity contribution in [3.63, 3.8) is 0 Å². The number of benzene rings is 4. The zero-order valence-corrected chi connectivity index (χ0v) is 27.6. The number of rotatable bonds is 7. The van der Waals surface area contributed by atoms with E-state index in [9.17, 15) is 4.79 Å². The number of carbonyl (C=O) groups is 1. The van der Waals surface area contributed by atoms with E-state index in [1.165, 1.54) is 23.8 Å². The van der Waals surface area contributed by atoms with Gasteiger partial charge in [-0.1, -0.05) is 76.2 Å². The number of carbonyl (C=O) groups excluding carboxylic acids is 1. The smallest absolute Gasteiger partial charge is 0.271 e. The molecule has 220 valence electrons. The monoisotopic (exact) mass is 690 g/mol. The van der Waals surface area contributed by atoms with E-state index >= 15 is 0 Å². The van der Waals surface area contributed by atoms with Crippen LogP contribution in [0.25, 0.3) is 6.08 Å². The topological polar surface area (TPSA) is 51.1 Å². The molecule has 0 N–H and O–H groups in total. The Balaban J connectivity index is 1.50. The molecule has 0 saturated carbocycles. The first-order chi connectivity index (χ1) is 20.5. The Bertz CT molecular complexity index is 1810. The molecule has 0 aromatic heterocycles. The summed E-state index contributed by atoms with van der Waals surface area (Å²) in [5, 5.41) is 2.88. The highest BCUT2D eigenvalue weighted by Gasteiger charge is 2.35. The molecule has 4 aromatic carbocycles. The SMILES string of the molecule is COc1cc(/C=C2/SC(=Nc3ccc(C)c(Cl)c3)N(c3ccc(C)c(Cl)c3)C2=O)cc(Cl)c1OCc1ccc(Cl)cc1Cl. The Hall–Kier alpha value is -2.84. The summed E-state index contributed by atoms with van der Waals surface area (Å²) in [6.45, 7) is 3.96. The first-order valence-electron chi connectivity index (χ1n) is 12.8. The van der Waals surface area contributed by atoms with Gasteiger partial charge in [0.15, 0.2) is 16.7 Å². The van der Waals surface area contributed by atoms with Gasteiger partial charge < -0.3 is 9.47 Å². The maximum atomic E-state index is 13.8. The Morgan fingerprint density at radius 2 is 1.56 bits per heavy atom. The second-order valence-electron chi connectivity index (χ2n) is 9.57. The van der Waals surface area contributed by atoms with Gasteiger partial charge in [0.2, 0.25) is 0 Å². The Morgan fingerprint density at radius 1 is 0.837 bits per heavy atom. The number of methoxy groups -OCH3 is 1. The van der Waals surface area contributed by atoms with Crippen LogP contribution in [0.15, 0.2) is 76.6 Å². The van der Waals surface area contributed by atoms with E-state index in [2.05, 4.69) is 0 Å². The van der Waals surface area contributed by atoms with Crippen LogP contribution in [0.2, 0.25) is 25.1 Å². The number of ether oxygens (including phenoxy) is 2. The minimum Gasteiger partial charge on any atom is -0.493 e. The van der Waals surface area contributed by atoms with Crippen molar-refractivity contribution in [2.45, 2.75) is 20.5 Å². The second kappa shape index (κ2) is 13.4. The normalized spacial score (nSPS) is 15.1. The lowest BCUT2D eigenvalue weighted by molar-refractivity contribution is -0.113. The third-order valence-electron chi connectivity index (χ3n) is 6.54. The molecule has 11 heteroatoms. The van der Waals surface area contributed by atoms with Gasteiger partial charge in [-0.2, -0.15) is 0 Å². The van der Waals surface area contributed by atoms with Crippen molar-refractivity contribution in [3.8, 4) is 11.5 Å². The van der Waals surface area contributed by atoms with Crippen LogP contribution in [0.1, 0.15) is 22.3 Å². The van der Waals surface area contributed by atoms with Crippen molar-refractivity contribution >= 4 is 98.3 Å². The minimum atomic E-state index is -0.269. The van der Waals surface area contributed by atoms with Gasteiger partial charge in [-0.15, -0.1) is 0 Å². The van der Waals surface area contributed by atoms with Gasteiger partial charge in [-0.3, -0.25) is 9.69 Å². The zero-order chi connectivity index (χ0) is 30.8. The van der Waals surface area contributed by atoms with Crippen LogP contribution >= 0.6 is 69.8 Å². The number of thioether (sulfide) groups is 1. The van der Waals surface area contributed by atoms with Gasteiger partial charge in [0.25, 0.3) is 5.91 Å². The van der Waals surface area contributed by atoms with Crippen LogP contribution in [0.4, 0.5) is 11.4 Å². The molecule has 1 amide bonds. The van der Waals surface area contributed by atoms with Crippen molar-refractivity contribution in [2.24, 2.45) is 4.99 Å². The lowest BCUT2D eigenvalue weighted by Crippen LogP contribution is -2.28. The molecule has 5 nitrogen and oxygen atoms in total. The number of amides is 1. The predicted octanol–water partition coefficient (Wildman–Crippen LogP) is 11.0. The molecule has 1 fully saturated rings. The zero-order valence-electron chi connectivity index (χ0n) is 23.1. The lowest BCUT2D eigenvalue weighted by Gasteiger charge is -2.17. The third kappa shape index (κ3) is 7.12. The molecule has 1 aliphatic heterocycles. The summed E-state index contributed by atoms with van der Waals surface area (Å²) < 4.78 is 11.6. The molecule has 1 aliphatic rings. The van der Waals surface area contributed by atoms with Gasteiger partial charge in [0.1, 0.15) is 6.61 Å². The van der Waals surface area contributed by atoms with Crippen molar-refractivity contribution in [2.75, 3.05) is 12.0 Å². The number of aliphatic imine (C=N–C) groups is 1. The van der Waals surface area contributed by atoms with Crippen LogP contribution in [-0.2, 0) is 11.4 Å². The minimum absolute atomic E-state index is 0.151. The van der Waals surface area contributed by atoms with Gasteiger partial charge >= 0.3 is 0 Å². The summed E-state index contributed by atoms with van der Waals surface area (Å²) >= 11 is 32.9. The van der Waals surface area contributed by atoms with E-state index in [-0.39, 0.29) is 12.5 Å². The number of hydrogen-bond acceptors (Lipinski definition) is 5. The molecule has 4 aromatic rings. The molecule has 5 rings (SSSR count). The molecule has 0 aliphatic carbocycles. The quantitative estimate of drug-likeness (QED) is 0.181. The molecule has 1 saturated heterocycles. The van der Waals surface area contributed by atoms with Crippen LogP contribution in [0, 0.1) is 13.8 Å². The van der Waals surface area contributed by atoms with Crippen LogP contribution in [-0.4, -0.2) is 18.2 Å². The molecule has 0 atom stereocenters. The number of halogens is 5. The summed E-state index contributed by atoms with van der Waals surface area (Å²) in [7, 11) is 1.51. The highest BCUT2D eigenvalue weighted by atomic mass is 35.5.